The molecule has 0 atom stereocenters. The minimum atomic E-state index is -3.95. The van der Waals surface area contributed by atoms with Crippen molar-refractivity contribution in [3.8, 4) is 5.75 Å². The van der Waals surface area contributed by atoms with Gasteiger partial charge in [-0.25, -0.2) is 13.4 Å². The molecule has 2 heterocycles. The molecule has 0 fully saturated rings. The molecular weight excluding hydrogens is 370 g/mol. The lowest BCUT2D eigenvalue weighted by atomic mass is 10.1. The van der Waals surface area contributed by atoms with E-state index in [1.807, 2.05) is 0 Å². The minimum absolute atomic E-state index is 0. The van der Waals surface area contributed by atoms with Crippen LogP contribution in [0.1, 0.15) is 5.56 Å². The molecule has 0 spiro atoms. The molecule has 0 unspecified atom stereocenters. The van der Waals surface area contributed by atoms with E-state index in [2.05, 4.69) is 10.3 Å². The Morgan fingerprint density at radius 1 is 1.16 bits per heavy atom. The molecule has 1 amide bonds. The van der Waals surface area contributed by atoms with Crippen LogP contribution in [0.15, 0.2) is 53.2 Å². The molecule has 1 aromatic carbocycles. The summed E-state index contributed by atoms with van der Waals surface area (Å²) < 4.78 is 25.7. The number of anilines is 1. The molecule has 2 aromatic rings. The third-order valence-electron chi connectivity index (χ3n) is 3.52. The van der Waals surface area contributed by atoms with Gasteiger partial charge in [0, 0.05) is 12.6 Å². The van der Waals surface area contributed by atoms with Crippen molar-refractivity contribution < 1.29 is 23.4 Å². The number of carbonyl (C=O) groups excluding carboxylic acids is 1. The number of benzene rings is 1. The number of fused-ring (bicyclic) bond motifs is 1. The Labute approximate surface area is 149 Å². The van der Waals surface area contributed by atoms with Crippen LogP contribution >= 0.6 is 12.4 Å². The number of nitrogens with zero attached hydrogens (tertiary/aromatic N) is 2. The van der Waals surface area contributed by atoms with Gasteiger partial charge in [0.2, 0.25) is 0 Å². The first-order valence-corrected chi connectivity index (χ1v) is 8.24. The lowest BCUT2D eigenvalue weighted by Gasteiger charge is -2.28. The van der Waals surface area contributed by atoms with E-state index in [9.17, 15) is 23.4 Å². The summed E-state index contributed by atoms with van der Waals surface area (Å²) in [6.45, 7) is 0. The number of nitrogens with one attached hydrogen (secondary N) is 1. The summed E-state index contributed by atoms with van der Waals surface area (Å²) in [6, 6.07) is 8.52. The summed E-state index contributed by atoms with van der Waals surface area (Å²) in [7, 11) is -2.77. The highest BCUT2D eigenvalue weighted by Crippen LogP contribution is 2.34. The van der Waals surface area contributed by atoms with Gasteiger partial charge >= 0.3 is 0 Å². The number of carbonyl (C=O) groups is 1. The second-order valence-corrected chi connectivity index (χ2v) is 6.96. The zero-order valence-corrected chi connectivity index (χ0v) is 14.5. The van der Waals surface area contributed by atoms with E-state index >= 15 is 0 Å². The van der Waals surface area contributed by atoms with E-state index in [0.29, 0.717) is 0 Å². The molecule has 0 bridgehead atoms. The molecule has 0 saturated heterocycles. The van der Waals surface area contributed by atoms with Gasteiger partial charge in [-0.1, -0.05) is 12.1 Å². The lowest BCUT2D eigenvalue weighted by Crippen LogP contribution is -2.37. The molecule has 0 saturated carbocycles. The highest BCUT2D eigenvalue weighted by atomic mass is 35.5. The van der Waals surface area contributed by atoms with Gasteiger partial charge in [-0.15, -0.1) is 12.4 Å². The van der Waals surface area contributed by atoms with Crippen LogP contribution in [-0.2, 0) is 14.8 Å². The topological polar surface area (TPSA) is 120 Å². The zero-order valence-electron chi connectivity index (χ0n) is 12.9. The summed E-state index contributed by atoms with van der Waals surface area (Å²) in [6.07, 6.45) is 1.13. The van der Waals surface area contributed by atoms with Crippen molar-refractivity contribution in [3.63, 3.8) is 0 Å². The van der Waals surface area contributed by atoms with E-state index in [4.69, 9.17) is 0 Å². The normalized spacial score (nSPS) is 15.2. The van der Waals surface area contributed by atoms with Crippen molar-refractivity contribution in [1.82, 2.24) is 9.29 Å². The van der Waals surface area contributed by atoms with Crippen molar-refractivity contribution in [3.05, 3.63) is 53.9 Å². The van der Waals surface area contributed by atoms with E-state index < -0.39 is 27.4 Å². The molecule has 8 nitrogen and oxygen atoms in total. The Morgan fingerprint density at radius 3 is 2.48 bits per heavy atom. The van der Waals surface area contributed by atoms with Crippen LogP contribution in [0.25, 0.3) is 5.76 Å². The number of hydrogen-bond acceptors (Lipinski definition) is 6. The summed E-state index contributed by atoms with van der Waals surface area (Å²) in [5.74, 6) is -1.27. The van der Waals surface area contributed by atoms with Crippen LogP contribution in [0, 0.1) is 0 Å². The fourth-order valence-corrected chi connectivity index (χ4v) is 3.72. The number of pyridine rings is 1. The van der Waals surface area contributed by atoms with Crippen molar-refractivity contribution >= 4 is 39.9 Å². The van der Waals surface area contributed by atoms with Gasteiger partial charge in [-0.3, -0.25) is 9.10 Å². The quantitative estimate of drug-likeness (QED) is 0.726. The molecule has 10 heteroatoms. The molecule has 0 radical (unpaired) electrons. The Kier molecular flexibility index (Phi) is 4.91. The fraction of sp³-hybridized carbons (Fsp3) is 0.0667. The second-order valence-electron chi connectivity index (χ2n) is 5.02. The Bertz CT molecular complexity index is 957. The highest BCUT2D eigenvalue weighted by Gasteiger charge is 2.37. The first-order chi connectivity index (χ1) is 11.3. The van der Waals surface area contributed by atoms with Gasteiger partial charge in [0.05, 0.1) is 11.1 Å². The molecule has 0 aliphatic carbocycles. The van der Waals surface area contributed by atoms with Crippen LogP contribution in [-0.4, -0.2) is 40.9 Å². The summed E-state index contributed by atoms with van der Waals surface area (Å²) in [5, 5.41) is 21.9. The summed E-state index contributed by atoms with van der Waals surface area (Å²) in [4.78, 5) is 16.1. The van der Waals surface area contributed by atoms with Crippen LogP contribution in [0.5, 0.6) is 5.75 Å². The predicted octanol–water partition coefficient (Wildman–Crippen LogP) is 1.71. The Hall–Kier alpha value is -2.78. The van der Waals surface area contributed by atoms with Gasteiger partial charge in [-0.2, -0.15) is 0 Å². The maximum atomic E-state index is 12.5. The summed E-state index contributed by atoms with van der Waals surface area (Å²) >= 11 is 0. The highest BCUT2D eigenvalue weighted by molar-refractivity contribution is 7.89. The van der Waals surface area contributed by atoms with Crippen LogP contribution in [0.4, 0.5) is 5.82 Å². The molecule has 1 aliphatic heterocycles. The number of aromatic nitrogens is 1. The van der Waals surface area contributed by atoms with Crippen LogP contribution in [0.2, 0.25) is 0 Å². The average Bonchev–Trinajstić information content (AvgIpc) is 2.56. The van der Waals surface area contributed by atoms with Crippen molar-refractivity contribution in [1.29, 1.82) is 0 Å². The van der Waals surface area contributed by atoms with E-state index in [0.717, 1.165) is 10.5 Å². The number of sulfonamides is 1. The zero-order chi connectivity index (χ0) is 17.5. The maximum Gasteiger partial charge on any atom is 0.277 e. The van der Waals surface area contributed by atoms with Crippen molar-refractivity contribution in [2.24, 2.45) is 0 Å². The average molecular weight is 384 g/mol. The lowest BCUT2D eigenvalue weighted by molar-refractivity contribution is -0.113. The smallest absolute Gasteiger partial charge is 0.277 e. The monoisotopic (exact) mass is 383 g/mol. The van der Waals surface area contributed by atoms with Gasteiger partial charge in [0.15, 0.2) is 11.5 Å². The van der Waals surface area contributed by atoms with E-state index in [1.165, 1.54) is 37.4 Å². The molecule has 3 N–H and O–H groups in total. The van der Waals surface area contributed by atoms with Crippen LogP contribution < -0.4 is 5.32 Å². The van der Waals surface area contributed by atoms with Gasteiger partial charge in [0.1, 0.15) is 11.6 Å². The number of aliphatic hydroxyl groups excluding tert-OH is 1. The maximum absolute atomic E-state index is 12.5. The predicted molar refractivity (Wildman–Crippen MR) is 92.7 cm³/mol. The first-order valence-electron chi connectivity index (χ1n) is 6.80. The molecule has 1 aliphatic rings. The number of likely N-dealkylation sites (N-methyl/N-ethyl adjacent to an activating group) is 1. The molecule has 25 heavy (non-hydrogen) atoms. The third-order valence-corrected chi connectivity index (χ3v) is 5.34. The third kappa shape index (κ3) is 3.11. The Morgan fingerprint density at radius 2 is 1.84 bits per heavy atom. The molecule has 3 rings (SSSR count). The number of amides is 1. The Balaban J connectivity index is 0.00000225. The van der Waals surface area contributed by atoms with E-state index in [-0.39, 0.29) is 34.4 Å². The van der Waals surface area contributed by atoms with E-state index in [1.54, 1.807) is 6.07 Å². The van der Waals surface area contributed by atoms with Gasteiger partial charge in [0.25, 0.3) is 15.9 Å². The largest absolute Gasteiger partial charge is 0.506 e. The fourth-order valence-electron chi connectivity index (χ4n) is 2.32. The molecular formula is C15H14ClN3O5S. The number of halogens is 1. The summed E-state index contributed by atoms with van der Waals surface area (Å²) in [5.41, 5.74) is -0.358. The van der Waals surface area contributed by atoms with Gasteiger partial charge in [-0.05, 0) is 24.3 Å². The SMILES string of the molecule is CN1C(C(=O)Nc2ccc(O)cn2)=C(O)c2ccccc2S1(=O)=O.Cl. The van der Waals surface area contributed by atoms with Crippen molar-refractivity contribution in [2.45, 2.75) is 4.90 Å². The van der Waals surface area contributed by atoms with Gasteiger partial charge < -0.3 is 15.5 Å². The number of aliphatic hydroxyl groups is 1. The standard InChI is InChI=1S/C15H13N3O5S.ClH/c1-18-13(15(21)17-12-7-6-9(19)8-16-12)14(20)10-4-2-3-5-11(10)24(18,22)23;/h2-8,19-20H,1H3,(H,16,17,21);1H. The number of rotatable bonds is 2. The molecule has 1 aromatic heterocycles. The van der Waals surface area contributed by atoms with Crippen LogP contribution in [0.3, 0.4) is 0 Å². The number of aromatic hydroxyl groups is 1. The number of hydrogen-bond donors (Lipinski definition) is 3. The minimum Gasteiger partial charge on any atom is -0.506 e. The first kappa shape index (κ1) is 18.6. The van der Waals surface area contributed by atoms with Crippen molar-refractivity contribution in [2.75, 3.05) is 12.4 Å². The molecule has 132 valence electrons. The second kappa shape index (κ2) is 6.61.